The Morgan fingerprint density at radius 2 is 1.83 bits per heavy atom. The van der Waals surface area contributed by atoms with Crippen LogP contribution in [0.4, 0.5) is 0 Å². The molecule has 0 saturated heterocycles. The highest BCUT2D eigenvalue weighted by Crippen LogP contribution is 2.38. The molecule has 2 aliphatic carbocycles. The molecule has 0 aromatic heterocycles. The molecule has 3 atom stereocenters. The Morgan fingerprint density at radius 1 is 1.00 bits per heavy atom. The zero-order chi connectivity index (χ0) is 13.0. The summed E-state index contributed by atoms with van der Waals surface area (Å²) >= 11 is 0. The van der Waals surface area contributed by atoms with Crippen molar-refractivity contribution in [3.8, 4) is 0 Å². The van der Waals surface area contributed by atoms with Gasteiger partial charge in [0, 0.05) is 12.1 Å². The van der Waals surface area contributed by atoms with E-state index in [-0.39, 0.29) is 0 Å². The minimum Gasteiger partial charge on any atom is -0.311 e. The maximum absolute atomic E-state index is 4.01. The fourth-order valence-electron chi connectivity index (χ4n) is 4.16. The summed E-state index contributed by atoms with van der Waals surface area (Å²) in [6.45, 7) is 7.24. The Kier molecular flexibility index (Phi) is 5.12. The largest absolute Gasteiger partial charge is 0.311 e. The predicted molar refractivity (Wildman–Crippen MR) is 79.8 cm³/mol. The van der Waals surface area contributed by atoms with Crippen LogP contribution in [0.25, 0.3) is 0 Å². The molecule has 3 unspecified atom stereocenters. The molecular weight excluding hydrogens is 218 g/mol. The third-order valence-electron chi connectivity index (χ3n) is 5.48. The minimum absolute atomic E-state index is 0.537. The van der Waals surface area contributed by atoms with Crippen molar-refractivity contribution in [3.63, 3.8) is 0 Å². The van der Waals surface area contributed by atoms with E-state index in [0.29, 0.717) is 5.41 Å². The van der Waals surface area contributed by atoms with Gasteiger partial charge in [0.15, 0.2) is 0 Å². The Hall–Kier alpha value is -0.0400. The summed E-state index contributed by atoms with van der Waals surface area (Å²) in [6.07, 6.45) is 14.3. The van der Waals surface area contributed by atoms with Crippen LogP contribution in [0.15, 0.2) is 0 Å². The summed E-state index contributed by atoms with van der Waals surface area (Å²) in [7, 11) is 0. The molecule has 1 N–H and O–H groups in total. The average Bonchev–Trinajstić information content (AvgIpc) is 2.51. The van der Waals surface area contributed by atoms with Gasteiger partial charge >= 0.3 is 0 Å². The number of nitrogens with one attached hydrogen (secondary N) is 1. The quantitative estimate of drug-likeness (QED) is 0.700. The molecule has 0 bridgehead atoms. The highest BCUT2D eigenvalue weighted by molar-refractivity contribution is 4.92. The standard InChI is InChI=1S/C17H33N/c1-4-7-14-8-5-9-15(12-11-14)18-16-10-6-13-17(16,2)3/h14-16,18H,4-13H2,1-3H3. The molecule has 0 aromatic rings. The van der Waals surface area contributed by atoms with Crippen LogP contribution in [0.1, 0.15) is 85.0 Å². The second kappa shape index (κ2) is 6.41. The van der Waals surface area contributed by atoms with Gasteiger partial charge in [0.1, 0.15) is 0 Å². The van der Waals surface area contributed by atoms with E-state index in [1.54, 1.807) is 0 Å². The van der Waals surface area contributed by atoms with E-state index in [2.05, 4.69) is 26.1 Å². The zero-order valence-electron chi connectivity index (χ0n) is 12.8. The summed E-state index contributed by atoms with van der Waals surface area (Å²) in [5, 5.41) is 4.01. The zero-order valence-corrected chi connectivity index (χ0v) is 12.8. The third-order valence-corrected chi connectivity index (χ3v) is 5.48. The monoisotopic (exact) mass is 251 g/mol. The first-order chi connectivity index (χ1) is 8.62. The molecule has 2 saturated carbocycles. The van der Waals surface area contributed by atoms with Crippen molar-refractivity contribution in [3.05, 3.63) is 0 Å². The summed E-state index contributed by atoms with van der Waals surface area (Å²) in [5.74, 6) is 1.03. The lowest BCUT2D eigenvalue weighted by atomic mass is 9.86. The first-order valence-corrected chi connectivity index (χ1v) is 8.38. The van der Waals surface area contributed by atoms with Crippen molar-refractivity contribution >= 4 is 0 Å². The minimum atomic E-state index is 0.537. The molecule has 1 heteroatoms. The van der Waals surface area contributed by atoms with E-state index in [9.17, 15) is 0 Å². The Labute approximate surface area is 114 Å². The number of rotatable bonds is 4. The first-order valence-electron chi connectivity index (χ1n) is 8.38. The molecular formula is C17H33N. The molecule has 2 aliphatic rings. The number of hydrogen-bond donors (Lipinski definition) is 1. The third kappa shape index (κ3) is 3.73. The smallest absolute Gasteiger partial charge is 0.0121 e. The molecule has 18 heavy (non-hydrogen) atoms. The highest BCUT2D eigenvalue weighted by Gasteiger charge is 2.35. The van der Waals surface area contributed by atoms with Crippen LogP contribution < -0.4 is 5.32 Å². The number of hydrogen-bond acceptors (Lipinski definition) is 1. The average molecular weight is 251 g/mol. The second-order valence-electron chi connectivity index (χ2n) is 7.46. The van der Waals surface area contributed by atoms with Gasteiger partial charge in [0.2, 0.25) is 0 Å². The molecule has 106 valence electrons. The van der Waals surface area contributed by atoms with Crippen molar-refractivity contribution < 1.29 is 0 Å². The van der Waals surface area contributed by atoms with E-state index >= 15 is 0 Å². The maximum Gasteiger partial charge on any atom is 0.0121 e. The SMILES string of the molecule is CCCC1CCCC(NC2CCCC2(C)C)CC1. The molecule has 0 aliphatic heterocycles. The van der Waals surface area contributed by atoms with E-state index in [4.69, 9.17) is 0 Å². The van der Waals surface area contributed by atoms with Crippen LogP contribution in [0.5, 0.6) is 0 Å². The Bertz CT molecular complexity index is 246. The summed E-state index contributed by atoms with van der Waals surface area (Å²) in [4.78, 5) is 0. The van der Waals surface area contributed by atoms with Crippen LogP contribution in [-0.4, -0.2) is 12.1 Å². The lowest BCUT2D eigenvalue weighted by Gasteiger charge is -2.32. The van der Waals surface area contributed by atoms with Crippen LogP contribution in [0.2, 0.25) is 0 Å². The van der Waals surface area contributed by atoms with E-state index in [0.717, 1.165) is 18.0 Å². The van der Waals surface area contributed by atoms with Gasteiger partial charge in [-0.1, -0.05) is 52.9 Å². The van der Waals surface area contributed by atoms with E-state index in [1.165, 1.54) is 64.2 Å². The Morgan fingerprint density at radius 3 is 2.50 bits per heavy atom. The molecule has 0 heterocycles. The van der Waals surface area contributed by atoms with Crippen molar-refractivity contribution in [1.29, 1.82) is 0 Å². The molecule has 1 nitrogen and oxygen atoms in total. The second-order valence-corrected chi connectivity index (χ2v) is 7.46. The van der Waals surface area contributed by atoms with Crippen molar-refractivity contribution in [2.24, 2.45) is 11.3 Å². The van der Waals surface area contributed by atoms with Crippen molar-refractivity contribution in [2.45, 2.75) is 97.1 Å². The summed E-state index contributed by atoms with van der Waals surface area (Å²) in [5.41, 5.74) is 0.537. The molecule has 2 fully saturated rings. The lowest BCUT2D eigenvalue weighted by molar-refractivity contribution is 0.251. The summed E-state index contributed by atoms with van der Waals surface area (Å²) in [6, 6.07) is 1.60. The lowest BCUT2D eigenvalue weighted by Crippen LogP contribution is -2.43. The fraction of sp³-hybridized carbons (Fsp3) is 1.00. The van der Waals surface area contributed by atoms with E-state index in [1.807, 2.05) is 0 Å². The van der Waals surface area contributed by atoms with Gasteiger partial charge < -0.3 is 5.32 Å². The molecule has 0 radical (unpaired) electrons. The van der Waals surface area contributed by atoms with Gasteiger partial charge in [-0.2, -0.15) is 0 Å². The van der Waals surface area contributed by atoms with Crippen LogP contribution >= 0.6 is 0 Å². The predicted octanol–water partition coefficient (Wildman–Crippen LogP) is 4.90. The fourth-order valence-corrected chi connectivity index (χ4v) is 4.16. The van der Waals surface area contributed by atoms with Gasteiger partial charge in [0.25, 0.3) is 0 Å². The normalized spacial score (nSPS) is 36.5. The van der Waals surface area contributed by atoms with Crippen molar-refractivity contribution in [2.75, 3.05) is 0 Å². The molecule has 0 spiro atoms. The summed E-state index contributed by atoms with van der Waals surface area (Å²) < 4.78 is 0. The first kappa shape index (κ1) is 14.4. The van der Waals surface area contributed by atoms with Gasteiger partial charge in [-0.05, 0) is 43.4 Å². The van der Waals surface area contributed by atoms with Gasteiger partial charge in [-0.15, -0.1) is 0 Å². The molecule has 0 aromatic carbocycles. The molecule has 0 amide bonds. The van der Waals surface area contributed by atoms with Crippen LogP contribution in [0.3, 0.4) is 0 Å². The van der Waals surface area contributed by atoms with Gasteiger partial charge in [-0.25, -0.2) is 0 Å². The van der Waals surface area contributed by atoms with Gasteiger partial charge in [-0.3, -0.25) is 0 Å². The van der Waals surface area contributed by atoms with Crippen LogP contribution in [-0.2, 0) is 0 Å². The van der Waals surface area contributed by atoms with Crippen LogP contribution in [0, 0.1) is 11.3 Å². The Balaban J connectivity index is 1.80. The van der Waals surface area contributed by atoms with E-state index < -0.39 is 0 Å². The van der Waals surface area contributed by atoms with Crippen molar-refractivity contribution in [1.82, 2.24) is 5.32 Å². The van der Waals surface area contributed by atoms with Gasteiger partial charge in [0.05, 0.1) is 0 Å². The topological polar surface area (TPSA) is 12.0 Å². The molecule has 2 rings (SSSR count). The highest BCUT2D eigenvalue weighted by atomic mass is 15.0. The maximum atomic E-state index is 4.01.